The number of carbonyl (C=O) groups is 2. The van der Waals surface area contributed by atoms with Gasteiger partial charge in [0, 0.05) is 25.6 Å². The molecule has 0 unspecified atom stereocenters. The lowest BCUT2D eigenvalue weighted by molar-refractivity contribution is -0.150. The highest BCUT2D eigenvalue weighted by Crippen LogP contribution is 2.35. The topological polar surface area (TPSA) is 138 Å². The number of amides is 2. The standard InChI is InChI=1S/C31H46N4O7S.ClH/c1-21(2)18-34(43(39,40)24-13-14-27-28(16-24)42-20-41-27)19-26(36)25(15-23-11-9-8-10-12-23)35(29(37)17-31(4,5)6)33-30(38)22(3)32-7;/h8-14,16,21-22,25-26,32,36H,15,17-20H2,1-7H3,(H,33,38);1H/t22-,25-,26+;/m0./s1. The third kappa shape index (κ3) is 10.1. The van der Waals surface area contributed by atoms with Gasteiger partial charge in [0.15, 0.2) is 11.5 Å². The van der Waals surface area contributed by atoms with E-state index in [1.54, 1.807) is 20.0 Å². The summed E-state index contributed by atoms with van der Waals surface area (Å²) in [6, 6.07) is 12.1. The van der Waals surface area contributed by atoms with Crippen LogP contribution in [-0.4, -0.2) is 79.8 Å². The fourth-order valence-corrected chi connectivity index (χ4v) is 6.30. The summed E-state index contributed by atoms with van der Waals surface area (Å²) in [5.41, 5.74) is 3.12. The average molecular weight is 655 g/mol. The molecule has 11 nitrogen and oxygen atoms in total. The number of nitrogens with zero attached hydrogens (tertiary/aromatic N) is 2. The van der Waals surface area contributed by atoms with Gasteiger partial charge in [-0.15, -0.1) is 12.4 Å². The van der Waals surface area contributed by atoms with Gasteiger partial charge < -0.3 is 19.9 Å². The van der Waals surface area contributed by atoms with Gasteiger partial charge in [-0.3, -0.25) is 15.0 Å². The van der Waals surface area contributed by atoms with Gasteiger partial charge in [-0.2, -0.15) is 4.31 Å². The van der Waals surface area contributed by atoms with Crippen molar-refractivity contribution < 1.29 is 32.6 Å². The highest BCUT2D eigenvalue weighted by Gasteiger charge is 2.37. The Hall–Kier alpha value is -2.90. The molecular formula is C31H47ClN4O7S. The van der Waals surface area contributed by atoms with Gasteiger partial charge in [-0.1, -0.05) is 65.0 Å². The average Bonchev–Trinajstić information content (AvgIpc) is 3.41. The zero-order valence-electron chi connectivity index (χ0n) is 26.6. The molecule has 1 aliphatic heterocycles. The van der Waals surface area contributed by atoms with E-state index in [1.807, 2.05) is 65.0 Å². The molecule has 3 rings (SSSR count). The Bertz CT molecular complexity index is 1350. The van der Waals surface area contributed by atoms with E-state index < -0.39 is 45.4 Å². The number of rotatable bonds is 13. The minimum absolute atomic E-state index is 0. The number of hydrogen-bond donors (Lipinski definition) is 3. The smallest absolute Gasteiger partial charge is 0.255 e. The summed E-state index contributed by atoms with van der Waals surface area (Å²) >= 11 is 0. The van der Waals surface area contributed by atoms with Crippen molar-refractivity contribution >= 4 is 34.2 Å². The lowest BCUT2D eigenvalue weighted by Crippen LogP contribution is -2.61. The molecule has 246 valence electrons. The Balaban J connectivity index is 0.00000675. The molecule has 0 saturated heterocycles. The van der Waals surface area contributed by atoms with Crippen LogP contribution in [0.3, 0.4) is 0 Å². The van der Waals surface area contributed by atoms with Crippen LogP contribution < -0.4 is 20.2 Å². The highest BCUT2D eigenvalue weighted by atomic mass is 35.5. The number of nitrogens with one attached hydrogen (secondary N) is 2. The van der Waals surface area contributed by atoms with Crippen molar-refractivity contribution in [2.75, 3.05) is 26.9 Å². The van der Waals surface area contributed by atoms with E-state index >= 15 is 0 Å². The maximum atomic E-state index is 13.9. The lowest BCUT2D eigenvalue weighted by atomic mass is 9.91. The fourth-order valence-electron chi connectivity index (χ4n) is 4.67. The number of carbonyl (C=O) groups excluding carboxylic acids is 2. The van der Waals surface area contributed by atoms with Gasteiger partial charge >= 0.3 is 0 Å². The molecule has 44 heavy (non-hydrogen) atoms. The molecule has 2 aromatic carbocycles. The molecule has 0 fully saturated rings. The van der Waals surface area contributed by atoms with E-state index in [-0.39, 0.29) is 55.9 Å². The third-order valence-corrected chi connectivity index (χ3v) is 8.84. The number of benzene rings is 2. The number of aliphatic hydroxyl groups excluding tert-OH is 1. The number of aliphatic hydroxyl groups is 1. The maximum Gasteiger partial charge on any atom is 0.255 e. The summed E-state index contributed by atoms with van der Waals surface area (Å²) in [6.45, 7) is 11.0. The van der Waals surface area contributed by atoms with Gasteiger partial charge in [0.1, 0.15) is 0 Å². The SMILES string of the molecule is CN[C@@H](C)C(=O)NN(C(=O)CC(C)(C)C)[C@@H](Cc1ccccc1)[C@H](O)CN(CC(C)C)S(=O)(=O)c1ccc2c(c1)OCO2.Cl. The Morgan fingerprint density at radius 2 is 1.64 bits per heavy atom. The molecule has 1 aliphatic rings. The van der Waals surface area contributed by atoms with Crippen molar-refractivity contribution in [2.24, 2.45) is 11.3 Å². The van der Waals surface area contributed by atoms with Crippen LogP contribution in [0.4, 0.5) is 0 Å². The van der Waals surface area contributed by atoms with Gasteiger partial charge in [0.05, 0.1) is 23.1 Å². The van der Waals surface area contributed by atoms with Crippen molar-refractivity contribution in [1.82, 2.24) is 20.1 Å². The first-order valence-electron chi connectivity index (χ1n) is 14.5. The van der Waals surface area contributed by atoms with Gasteiger partial charge in [0.2, 0.25) is 22.7 Å². The monoisotopic (exact) mass is 654 g/mol. The molecule has 3 N–H and O–H groups in total. The first-order chi connectivity index (χ1) is 20.1. The number of fused-ring (bicyclic) bond motifs is 1. The van der Waals surface area contributed by atoms with Crippen molar-refractivity contribution in [3.8, 4) is 11.5 Å². The summed E-state index contributed by atoms with van der Waals surface area (Å²) in [6.07, 6.45) is -1.10. The number of hydrogen-bond acceptors (Lipinski definition) is 8. The number of sulfonamides is 1. The maximum absolute atomic E-state index is 13.9. The number of ether oxygens (including phenoxy) is 2. The highest BCUT2D eigenvalue weighted by molar-refractivity contribution is 7.89. The molecular weight excluding hydrogens is 608 g/mol. The third-order valence-electron chi connectivity index (χ3n) is 7.01. The van der Waals surface area contributed by atoms with E-state index in [0.717, 1.165) is 5.56 Å². The summed E-state index contributed by atoms with van der Waals surface area (Å²) < 4.78 is 39.8. The Morgan fingerprint density at radius 1 is 1.00 bits per heavy atom. The van der Waals surface area contributed by atoms with E-state index in [9.17, 15) is 23.1 Å². The van der Waals surface area contributed by atoms with E-state index in [0.29, 0.717) is 11.5 Å². The normalized spacial score (nSPS) is 15.0. The fraction of sp³-hybridized carbons (Fsp3) is 0.548. The quantitative estimate of drug-likeness (QED) is 0.280. The summed E-state index contributed by atoms with van der Waals surface area (Å²) in [7, 11) is -2.47. The second-order valence-electron chi connectivity index (χ2n) is 12.5. The second kappa shape index (κ2) is 15.9. The predicted octanol–water partition coefficient (Wildman–Crippen LogP) is 3.36. The molecule has 0 bridgehead atoms. The Labute approximate surface area is 267 Å². The zero-order valence-corrected chi connectivity index (χ0v) is 28.2. The second-order valence-corrected chi connectivity index (χ2v) is 14.5. The largest absolute Gasteiger partial charge is 0.454 e. The number of halogens is 1. The van der Waals surface area contributed by atoms with E-state index in [2.05, 4.69) is 10.7 Å². The number of hydrazine groups is 1. The van der Waals surface area contributed by atoms with Crippen molar-refractivity contribution in [3.05, 3.63) is 54.1 Å². The molecule has 2 aromatic rings. The van der Waals surface area contributed by atoms with Crippen LogP contribution in [0.5, 0.6) is 11.5 Å². The molecule has 3 atom stereocenters. The first kappa shape index (κ1) is 37.3. The van der Waals surface area contributed by atoms with Crippen LogP contribution in [0.15, 0.2) is 53.4 Å². The molecule has 0 aliphatic carbocycles. The zero-order chi connectivity index (χ0) is 31.9. The Kier molecular flexibility index (Phi) is 13.5. The van der Waals surface area contributed by atoms with Gasteiger partial charge in [0.25, 0.3) is 5.91 Å². The molecule has 0 radical (unpaired) electrons. The van der Waals surface area contributed by atoms with Crippen LogP contribution >= 0.6 is 12.4 Å². The van der Waals surface area contributed by atoms with Crippen molar-refractivity contribution in [1.29, 1.82) is 0 Å². The first-order valence-corrected chi connectivity index (χ1v) is 16.0. The van der Waals surface area contributed by atoms with Gasteiger partial charge in [-0.05, 0) is 49.4 Å². The van der Waals surface area contributed by atoms with Crippen LogP contribution in [0.1, 0.15) is 53.5 Å². The van der Waals surface area contributed by atoms with E-state index in [1.165, 1.54) is 21.4 Å². The minimum Gasteiger partial charge on any atom is -0.454 e. The van der Waals surface area contributed by atoms with Crippen LogP contribution in [-0.2, 0) is 26.0 Å². The van der Waals surface area contributed by atoms with Crippen molar-refractivity contribution in [2.45, 2.75) is 77.5 Å². The molecule has 13 heteroatoms. The lowest BCUT2D eigenvalue weighted by Gasteiger charge is -2.38. The predicted molar refractivity (Wildman–Crippen MR) is 171 cm³/mol. The van der Waals surface area contributed by atoms with Crippen LogP contribution in [0, 0.1) is 11.3 Å². The molecule has 0 spiro atoms. The van der Waals surface area contributed by atoms with Crippen LogP contribution in [0.2, 0.25) is 0 Å². The molecule has 2 amide bonds. The minimum atomic E-state index is -4.10. The van der Waals surface area contributed by atoms with Crippen molar-refractivity contribution in [3.63, 3.8) is 0 Å². The molecule has 0 aromatic heterocycles. The van der Waals surface area contributed by atoms with E-state index in [4.69, 9.17) is 9.47 Å². The summed E-state index contributed by atoms with van der Waals surface area (Å²) in [5.74, 6) is -0.135. The van der Waals surface area contributed by atoms with Gasteiger partial charge in [-0.25, -0.2) is 13.4 Å². The summed E-state index contributed by atoms with van der Waals surface area (Å²) in [4.78, 5) is 26.8. The number of likely N-dealkylation sites (N-methyl/N-ethyl adjacent to an activating group) is 1. The molecule has 0 saturated carbocycles. The Morgan fingerprint density at radius 3 is 2.23 bits per heavy atom. The molecule has 1 heterocycles. The van der Waals surface area contributed by atoms with Crippen LogP contribution in [0.25, 0.3) is 0 Å². The summed E-state index contributed by atoms with van der Waals surface area (Å²) in [5, 5.41) is 15.9.